The molecule has 174 valence electrons. The first-order valence-electron chi connectivity index (χ1n) is 11.3. The van der Waals surface area contributed by atoms with Crippen molar-refractivity contribution >= 4 is 23.2 Å². The number of ether oxygens (including phenoxy) is 1. The van der Waals surface area contributed by atoms with Crippen LogP contribution >= 0.6 is 23.2 Å². The molecule has 8 heteroatoms. The highest BCUT2D eigenvalue weighted by molar-refractivity contribution is 6.35. The van der Waals surface area contributed by atoms with Crippen LogP contribution in [0.4, 0.5) is 0 Å². The molecular weight excluding hydrogens is 469 g/mol. The van der Waals surface area contributed by atoms with E-state index in [1.807, 2.05) is 47.1 Å². The van der Waals surface area contributed by atoms with Crippen LogP contribution in [0.2, 0.25) is 10.0 Å². The van der Waals surface area contributed by atoms with Crippen molar-refractivity contribution in [2.75, 3.05) is 20.2 Å². The molecule has 1 aliphatic heterocycles. The van der Waals surface area contributed by atoms with Crippen LogP contribution < -0.4 is 4.74 Å². The largest absolute Gasteiger partial charge is 0.495 e. The van der Waals surface area contributed by atoms with E-state index in [0.29, 0.717) is 15.8 Å². The van der Waals surface area contributed by atoms with E-state index in [1.165, 1.54) is 0 Å². The molecule has 1 aliphatic rings. The summed E-state index contributed by atoms with van der Waals surface area (Å²) in [6.07, 6.45) is 2.21. The Bertz CT molecular complexity index is 1200. The Morgan fingerprint density at radius 3 is 2.06 bits per heavy atom. The zero-order valence-electron chi connectivity index (χ0n) is 18.8. The van der Waals surface area contributed by atoms with Crippen LogP contribution in [0.25, 0.3) is 0 Å². The number of halogens is 2. The molecule has 3 aromatic carbocycles. The second-order valence-corrected chi connectivity index (χ2v) is 9.20. The Labute approximate surface area is 209 Å². The second-order valence-electron chi connectivity index (χ2n) is 8.36. The first-order valence-corrected chi connectivity index (χ1v) is 12.1. The van der Waals surface area contributed by atoms with Gasteiger partial charge in [-0.25, -0.2) is 4.68 Å². The lowest BCUT2D eigenvalue weighted by Gasteiger charge is -2.30. The van der Waals surface area contributed by atoms with Crippen LogP contribution in [-0.4, -0.2) is 45.3 Å². The van der Waals surface area contributed by atoms with Gasteiger partial charge in [-0.2, -0.15) is 0 Å². The Balaban J connectivity index is 1.71. The molecule has 0 aliphatic carbocycles. The van der Waals surface area contributed by atoms with E-state index in [4.69, 9.17) is 27.9 Å². The molecule has 2 heterocycles. The third kappa shape index (κ3) is 4.41. The molecule has 0 radical (unpaired) electrons. The van der Waals surface area contributed by atoms with E-state index >= 15 is 0 Å². The van der Waals surface area contributed by atoms with Gasteiger partial charge in [-0.05, 0) is 59.6 Å². The van der Waals surface area contributed by atoms with Gasteiger partial charge in [-0.3, -0.25) is 4.90 Å². The van der Waals surface area contributed by atoms with Gasteiger partial charge in [0, 0.05) is 10.6 Å². The maximum Gasteiger partial charge on any atom is 0.174 e. The number of rotatable bonds is 7. The Morgan fingerprint density at radius 2 is 1.47 bits per heavy atom. The summed E-state index contributed by atoms with van der Waals surface area (Å²) in [6.45, 7) is 1.85. The minimum absolute atomic E-state index is 0.196. The second kappa shape index (κ2) is 10.1. The molecule has 34 heavy (non-hydrogen) atoms. The van der Waals surface area contributed by atoms with Gasteiger partial charge in [-0.1, -0.05) is 83.9 Å². The van der Waals surface area contributed by atoms with E-state index in [2.05, 4.69) is 44.7 Å². The highest BCUT2D eigenvalue weighted by Gasteiger charge is 2.35. The number of likely N-dealkylation sites (tertiary alicyclic amines) is 1. The average Bonchev–Trinajstić information content (AvgIpc) is 3.54. The lowest BCUT2D eigenvalue weighted by molar-refractivity contribution is 0.256. The first kappa shape index (κ1) is 22.8. The third-order valence-electron chi connectivity index (χ3n) is 6.28. The summed E-state index contributed by atoms with van der Waals surface area (Å²) < 4.78 is 7.66. The van der Waals surface area contributed by atoms with Gasteiger partial charge in [0.15, 0.2) is 5.82 Å². The van der Waals surface area contributed by atoms with Gasteiger partial charge < -0.3 is 4.74 Å². The quantitative estimate of drug-likeness (QED) is 0.325. The van der Waals surface area contributed by atoms with Crippen molar-refractivity contribution < 1.29 is 4.74 Å². The molecule has 1 atom stereocenters. The summed E-state index contributed by atoms with van der Waals surface area (Å²) in [5.41, 5.74) is 3.05. The molecule has 1 fully saturated rings. The molecule has 5 rings (SSSR count). The van der Waals surface area contributed by atoms with Crippen LogP contribution in [0.15, 0.2) is 72.8 Å². The van der Waals surface area contributed by atoms with Gasteiger partial charge in [0.1, 0.15) is 17.8 Å². The number of hydrogen-bond donors (Lipinski definition) is 0. The van der Waals surface area contributed by atoms with Gasteiger partial charge in [0.25, 0.3) is 0 Å². The zero-order valence-corrected chi connectivity index (χ0v) is 20.3. The molecule has 0 spiro atoms. The SMILES string of the molecule is COc1c(Cl)cc(Cl)cc1C(c1nnnn1C(c1ccccc1)c1ccccc1)N1CCCC1. The molecule has 0 bridgehead atoms. The number of aromatic nitrogens is 4. The lowest BCUT2D eigenvalue weighted by atomic mass is 9.97. The monoisotopic (exact) mass is 493 g/mol. The fourth-order valence-corrected chi connectivity index (χ4v) is 5.39. The van der Waals surface area contributed by atoms with Crippen LogP contribution in [0.1, 0.15) is 47.4 Å². The van der Waals surface area contributed by atoms with Crippen LogP contribution in [0, 0.1) is 0 Å². The van der Waals surface area contributed by atoms with Gasteiger partial charge in [-0.15, -0.1) is 5.10 Å². The summed E-state index contributed by atoms with van der Waals surface area (Å²) in [6, 6.07) is 23.7. The third-order valence-corrected chi connectivity index (χ3v) is 6.78. The van der Waals surface area contributed by atoms with Crippen LogP contribution in [0.5, 0.6) is 5.75 Å². The first-order chi connectivity index (χ1) is 16.7. The fraction of sp³-hybridized carbons (Fsp3) is 0.269. The molecule has 4 aromatic rings. The minimum atomic E-state index is -0.265. The maximum absolute atomic E-state index is 6.55. The normalized spacial score (nSPS) is 15.1. The number of nitrogens with zero attached hydrogens (tertiary/aromatic N) is 5. The van der Waals surface area contributed by atoms with E-state index in [0.717, 1.165) is 48.4 Å². The Morgan fingerprint density at radius 1 is 0.853 bits per heavy atom. The average molecular weight is 494 g/mol. The molecule has 1 saturated heterocycles. The highest BCUT2D eigenvalue weighted by atomic mass is 35.5. The lowest BCUT2D eigenvalue weighted by Crippen LogP contribution is -2.31. The molecular formula is C26H25Cl2N5O. The van der Waals surface area contributed by atoms with Crippen LogP contribution in [0.3, 0.4) is 0 Å². The van der Waals surface area contributed by atoms with Gasteiger partial charge in [0.2, 0.25) is 0 Å². The number of hydrogen-bond acceptors (Lipinski definition) is 5. The zero-order chi connectivity index (χ0) is 23.5. The Hall–Kier alpha value is -2.93. The van der Waals surface area contributed by atoms with Crippen LogP contribution in [-0.2, 0) is 0 Å². The van der Waals surface area contributed by atoms with Crippen molar-refractivity contribution in [2.45, 2.75) is 24.9 Å². The van der Waals surface area contributed by atoms with Crippen molar-refractivity contribution in [3.05, 3.63) is 105 Å². The molecule has 0 N–H and O–H groups in total. The molecule has 6 nitrogen and oxygen atoms in total. The smallest absolute Gasteiger partial charge is 0.174 e. The van der Waals surface area contributed by atoms with E-state index in [9.17, 15) is 0 Å². The fourth-order valence-electron chi connectivity index (χ4n) is 4.81. The standard InChI is InChI=1S/C26H25Cl2N5O/c1-34-25-21(16-20(27)17-22(25)28)24(32-14-8-9-15-32)26-29-30-31-33(26)23(18-10-4-2-5-11-18)19-12-6-3-7-13-19/h2-7,10-13,16-17,23-24H,8-9,14-15H2,1H3. The predicted octanol–water partition coefficient (Wildman–Crippen LogP) is 5.81. The van der Waals surface area contributed by atoms with Crippen molar-refractivity contribution in [1.29, 1.82) is 0 Å². The maximum atomic E-state index is 6.55. The predicted molar refractivity (Wildman–Crippen MR) is 134 cm³/mol. The summed E-state index contributed by atoms with van der Waals surface area (Å²) >= 11 is 13.0. The van der Waals surface area contributed by atoms with Crippen molar-refractivity contribution in [1.82, 2.24) is 25.1 Å². The van der Waals surface area contributed by atoms with E-state index in [1.54, 1.807) is 13.2 Å². The van der Waals surface area contributed by atoms with Gasteiger partial charge in [0.05, 0.1) is 12.1 Å². The Kier molecular flexibility index (Phi) is 6.81. The number of methoxy groups -OCH3 is 1. The minimum Gasteiger partial charge on any atom is -0.495 e. The molecule has 0 amide bonds. The number of tetrazole rings is 1. The molecule has 0 saturated carbocycles. The van der Waals surface area contributed by atoms with E-state index < -0.39 is 0 Å². The highest BCUT2D eigenvalue weighted by Crippen LogP contribution is 2.42. The van der Waals surface area contributed by atoms with Crippen molar-refractivity contribution in [3.8, 4) is 5.75 Å². The van der Waals surface area contributed by atoms with Gasteiger partial charge >= 0.3 is 0 Å². The molecule has 1 aromatic heterocycles. The van der Waals surface area contributed by atoms with Crippen molar-refractivity contribution in [2.24, 2.45) is 0 Å². The van der Waals surface area contributed by atoms with E-state index in [-0.39, 0.29) is 12.1 Å². The molecule has 1 unspecified atom stereocenters. The summed E-state index contributed by atoms with van der Waals surface area (Å²) in [5.74, 6) is 1.31. The summed E-state index contributed by atoms with van der Waals surface area (Å²) in [7, 11) is 1.62. The number of benzene rings is 3. The summed E-state index contributed by atoms with van der Waals surface area (Å²) in [5, 5.41) is 14.2. The summed E-state index contributed by atoms with van der Waals surface area (Å²) in [4.78, 5) is 2.37. The topological polar surface area (TPSA) is 56.1 Å². The van der Waals surface area contributed by atoms with Crippen molar-refractivity contribution in [3.63, 3.8) is 0 Å².